The molecule has 0 aromatic heterocycles. The average Bonchev–Trinajstić information content (AvgIpc) is 2.89. The third-order valence-corrected chi connectivity index (χ3v) is 5.57. The first-order valence-corrected chi connectivity index (χ1v) is 11.1. The highest BCUT2D eigenvalue weighted by Gasteiger charge is 2.24. The van der Waals surface area contributed by atoms with E-state index >= 15 is 0 Å². The molecule has 0 fully saturated rings. The molecule has 9 heteroatoms. The zero-order chi connectivity index (χ0) is 25.4. The number of esters is 1. The highest BCUT2D eigenvalue weighted by atomic mass is 35.5. The maximum Gasteiger partial charge on any atom is 0.319 e. The second-order valence-corrected chi connectivity index (χ2v) is 7.80. The SMILES string of the molecule is COC(=O)CN[C@@H](c1ccccc1)c1cc(Cl)ccc1NC(=O)c1ccc(OC)c(OC)c1OC. The first-order chi connectivity index (χ1) is 16.9. The lowest BCUT2D eigenvalue weighted by molar-refractivity contribution is -0.139. The van der Waals surface area contributed by atoms with Gasteiger partial charge in [0.05, 0.1) is 46.6 Å². The lowest BCUT2D eigenvalue weighted by Crippen LogP contribution is -2.30. The Kier molecular flexibility index (Phi) is 8.94. The highest BCUT2D eigenvalue weighted by Crippen LogP contribution is 2.40. The molecule has 2 N–H and O–H groups in total. The highest BCUT2D eigenvalue weighted by molar-refractivity contribution is 6.30. The van der Waals surface area contributed by atoms with Gasteiger partial charge in [-0.25, -0.2) is 0 Å². The van der Waals surface area contributed by atoms with Gasteiger partial charge in [-0.3, -0.25) is 14.9 Å². The number of rotatable bonds is 10. The van der Waals surface area contributed by atoms with Crippen molar-refractivity contribution in [3.05, 3.63) is 82.4 Å². The maximum atomic E-state index is 13.4. The Labute approximate surface area is 209 Å². The smallest absolute Gasteiger partial charge is 0.319 e. The Hall–Kier alpha value is -3.75. The molecule has 0 saturated carbocycles. The van der Waals surface area contributed by atoms with Gasteiger partial charge in [0.15, 0.2) is 11.5 Å². The molecule has 184 valence electrons. The van der Waals surface area contributed by atoms with Crippen LogP contribution in [0.4, 0.5) is 5.69 Å². The van der Waals surface area contributed by atoms with E-state index in [4.69, 9.17) is 30.5 Å². The van der Waals surface area contributed by atoms with Crippen LogP contribution in [0.1, 0.15) is 27.5 Å². The van der Waals surface area contributed by atoms with E-state index in [2.05, 4.69) is 10.6 Å². The van der Waals surface area contributed by atoms with Crippen molar-refractivity contribution in [2.75, 3.05) is 40.3 Å². The Morgan fingerprint density at radius 3 is 2.23 bits per heavy atom. The van der Waals surface area contributed by atoms with Crippen LogP contribution in [0.15, 0.2) is 60.7 Å². The normalized spacial score (nSPS) is 11.3. The molecule has 0 spiro atoms. The number of carbonyl (C=O) groups excluding carboxylic acids is 2. The van der Waals surface area contributed by atoms with Crippen LogP contribution in [-0.4, -0.2) is 46.9 Å². The van der Waals surface area contributed by atoms with Gasteiger partial charge in [-0.05, 0) is 41.5 Å². The first-order valence-electron chi connectivity index (χ1n) is 10.7. The Morgan fingerprint density at radius 1 is 0.886 bits per heavy atom. The molecule has 3 rings (SSSR count). The van der Waals surface area contributed by atoms with Crippen molar-refractivity contribution in [1.82, 2.24) is 5.32 Å². The topological polar surface area (TPSA) is 95.1 Å². The van der Waals surface area contributed by atoms with Crippen molar-refractivity contribution < 1.29 is 28.5 Å². The summed E-state index contributed by atoms with van der Waals surface area (Å²) >= 11 is 6.33. The van der Waals surface area contributed by atoms with Gasteiger partial charge in [0, 0.05) is 10.7 Å². The summed E-state index contributed by atoms with van der Waals surface area (Å²) in [5.74, 6) is 0.133. The maximum absolute atomic E-state index is 13.4. The molecule has 0 aliphatic heterocycles. The predicted octanol–water partition coefficient (Wildman–Crippen LogP) is 4.47. The van der Waals surface area contributed by atoms with Gasteiger partial charge in [-0.15, -0.1) is 0 Å². The first kappa shape index (κ1) is 25.9. The van der Waals surface area contributed by atoms with Crippen molar-refractivity contribution >= 4 is 29.2 Å². The molecule has 0 aliphatic rings. The molecule has 35 heavy (non-hydrogen) atoms. The Morgan fingerprint density at radius 2 is 1.60 bits per heavy atom. The Balaban J connectivity index is 2.03. The van der Waals surface area contributed by atoms with Crippen molar-refractivity contribution in [3.63, 3.8) is 0 Å². The molecule has 1 amide bonds. The summed E-state index contributed by atoms with van der Waals surface area (Å²) in [7, 11) is 5.74. The number of halogens is 1. The number of methoxy groups -OCH3 is 4. The second kappa shape index (κ2) is 12.1. The molecule has 0 heterocycles. The third-order valence-electron chi connectivity index (χ3n) is 5.33. The van der Waals surface area contributed by atoms with Crippen LogP contribution in [-0.2, 0) is 9.53 Å². The zero-order valence-electron chi connectivity index (χ0n) is 19.9. The van der Waals surface area contributed by atoms with Gasteiger partial charge >= 0.3 is 5.97 Å². The van der Waals surface area contributed by atoms with Gasteiger partial charge in [0.25, 0.3) is 5.91 Å². The van der Waals surface area contributed by atoms with Gasteiger partial charge in [0.2, 0.25) is 5.75 Å². The van der Waals surface area contributed by atoms with Crippen molar-refractivity contribution in [1.29, 1.82) is 0 Å². The molecule has 0 radical (unpaired) electrons. The number of anilines is 1. The number of benzene rings is 3. The molecule has 3 aromatic rings. The molecule has 0 aliphatic carbocycles. The van der Waals surface area contributed by atoms with Crippen LogP contribution >= 0.6 is 11.6 Å². The summed E-state index contributed by atoms with van der Waals surface area (Å²) in [5.41, 5.74) is 2.30. The van der Waals surface area contributed by atoms with E-state index in [0.29, 0.717) is 27.8 Å². The van der Waals surface area contributed by atoms with E-state index in [1.165, 1.54) is 28.4 Å². The van der Waals surface area contributed by atoms with Gasteiger partial charge in [0.1, 0.15) is 0 Å². The van der Waals surface area contributed by atoms with E-state index < -0.39 is 17.9 Å². The minimum Gasteiger partial charge on any atom is -0.493 e. The summed E-state index contributed by atoms with van der Waals surface area (Å²) in [6.45, 7) is -0.0422. The van der Waals surface area contributed by atoms with Crippen LogP contribution in [0.5, 0.6) is 17.2 Å². The fourth-order valence-corrected chi connectivity index (χ4v) is 3.85. The van der Waals surface area contributed by atoms with E-state index in [0.717, 1.165) is 5.56 Å². The molecular weight excluding hydrogens is 472 g/mol. The molecule has 3 aromatic carbocycles. The number of ether oxygens (including phenoxy) is 4. The Bertz CT molecular complexity index is 1190. The van der Waals surface area contributed by atoms with E-state index in [1.807, 2.05) is 30.3 Å². The zero-order valence-corrected chi connectivity index (χ0v) is 20.6. The minimum atomic E-state index is -0.461. The summed E-state index contributed by atoms with van der Waals surface area (Å²) < 4.78 is 20.9. The summed E-state index contributed by atoms with van der Waals surface area (Å²) in [6, 6.07) is 17.4. The number of carbonyl (C=O) groups is 2. The summed E-state index contributed by atoms with van der Waals surface area (Å²) in [6.07, 6.45) is 0. The predicted molar refractivity (Wildman–Crippen MR) is 134 cm³/mol. The van der Waals surface area contributed by atoms with Crippen LogP contribution in [0, 0.1) is 0 Å². The van der Waals surface area contributed by atoms with E-state index in [-0.39, 0.29) is 17.9 Å². The number of hydrogen-bond acceptors (Lipinski definition) is 7. The lowest BCUT2D eigenvalue weighted by atomic mass is 9.96. The quantitative estimate of drug-likeness (QED) is 0.398. The fourth-order valence-electron chi connectivity index (χ4n) is 3.67. The summed E-state index contributed by atoms with van der Waals surface area (Å²) in [4.78, 5) is 25.2. The van der Waals surface area contributed by atoms with Crippen LogP contribution in [0.25, 0.3) is 0 Å². The third kappa shape index (κ3) is 6.03. The van der Waals surface area contributed by atoms with Crippen molar-refractivity contribution in [3.8, 4) is 17.2 Å². The molecule has 8 nitrogen and oxygen atoms in total. The molecule has 0 unspecified atom stereocenters. The monoisotopic (exact) mass is 498 g/mol. The molecule has 1 atom stereocenters. The average molecular weight is 499 g/mol. The van der Waals surface area contributed by atoms with Crippen molar-refractivity contribution in [2.45, 2.75) is 6.04 Å². The number of amides is 1. The van der Waals surface area contributed by atoms with Gasteiger partial charge < -0.3 is 24.3 Å². The standard InChI is InChI=1S/C26H27ClN2O6/c1-32-21-13-11-18(24(34-3)25(21)35-4)26(31)29-20-12-10-17(27)14-19(20)23(28-15-22(30)33-2)16-8-6-5-7-9-16/h5-14,23,28H,15H2,1-4H3,(H,29,31)/t23-/m0/s1. The number of hydrogen-bond donors (Lipinski definition) is 2. The fraction of sp³-hybridized carbons (Fsp3) is 0.231. The van der Waals surface area contributed by atoms with E-state index in [1.54, 1.807) is 30.3 Å². The number of nitrogens with one attached hydrogen (secondary N) is 2. The summed E-state index contributed by atoms with van der Waals surface area (Å²) in [5, 5.41) is 6.61. The molecule has 0 saturated heterocycles. The molecule has 0 bridgehead atoms. The van der Waals surface area contributed by atoms with Crippen molar-refractivity contribution in [2.24, 2.45) is 0 Å². The van der Waals surface area contributed by atoms with Crippen LogP contribution in [0.2, 0.25) is 5.02 Å². The van der Waals surface area contributed by atoms with Crippen LogP contribution in [0.3, 0.4) is 0 Å². The van der Waals surface area contributed by atoms with Crippen LogP contribution < -0.4 is 24.8 Å². The van der Waals surface area contributed by atoms with Gasteiger partial charge in [-0.1, -0.05) is 41.9 Å². The molecular formula is C26H27ClN2O6. The largest absolute Gasteiger partial charge is 0.493 e. The minimum absolute atomic E-state index is 0.0422. The van der Waals surface area contributed by atoms with E-state index in [9.17, 15) is 9.59 Å². The lowest BCUT2D eigenvalue weighted by Gasteiger charge is -2.23. The second-order valence-electron chi connectivity index (χ2n) is 7.37. The van der Waals surface area contributed by atoms with Gasteiger partial charge in [-0.2, -0.15) is 0 Å².